The Morgan fingerprint density at radius 1 is 1.15 bits per heavy atom. The summed E-state index contributed by atoms with van der Waals surface area (Å²) in [4.78, 5) is 18.5. The van der Waals surface area contributed by atoms with Crippen LogP contribution in [0.25, 0.3) is 11.3 Å². The minimum atomic E-state index is -0.944. The average Bonchev–Trinajstić information content (AvgIpc) is 3.06. The molecule has 1 heterocycles. The maximum atomic E-state index is 12.7. The van der Waals surface area contributed by atoms with E-state index in [4.69, 9.17) is 0 Å². The lowest BCUT2D eigenvalue weighted by molar-refractivity contribution is 0.102. The number of carbonyl (C=O) groups is 1. The molecule has 0 fully saturated rings. The molecular weight excluding hydrogens is 376 g/mol. The van der Waals surface area contributed by atoms with Gasteiger partial charge in [-0.1, -0.05) is 56.3 Å². The van der Waals surface area contributed by atoms with Crippen molar-refractivity contribution in [2.45, 2.75) is 25.5 Å². The van der Waals surface area contributed by atoms with Crippen LogP contribution in [0, 0.1) is 0 Å². The van der Waals surface area contributed by atoms with Gasteiger partial charge in [0.1, 0.15) is 0 Å². The first kappa shape index (κ1) is 19.5. The van der Waals surface area contributed by atoms with Gasteiger partial charge in [-0.05, 0) is 23.6 Å². The molecule has 0 radical (unpaired) electrons. The van der Waals surface area contributed by atoms with E-state index in [1.807, 2.05) is 42.5 Å². The van der Waals surface area contributed by atoms with Crippen molar-refractivity contribution < 1.29 is 9.00 Å². The van der Waals surface area contributed by atoms with Gasteiger partial charge >= 0.3 is 0 Å². The first-order valence-corrected chi connectivity index (χ1v) is 11.2. The number of carbonyl (C=O) groups excluding carboxylic acids is 1. The molecule has 1 N–H and O–H groups in total. The Hall–Kier alpha value is -2.31. The van der Waals surface area contributed by atoms with Crippen molar-refractivity contribution in [1.82, 2.24) is 4.98 Å². The van der Waals surface area contributed by atoms with Crippen LogP contribution in [0.5, 0.6) is 0 Å². The minimum absolute atomic E-state index is 0.206. The van der Waals surface area contributed by atoms with Crippen LogP contribution in [-0.2, 0) is 16.6 Å². The molecule has 27 heavy (non-hydrogen) atoms. The normalized spacial score (nSPS) is 12.1. The van der Waals surface area contributed by atoms with E-state index in [9.17, 15) is 9.00 Å². The van der Waals surface area contributed by atoms with Gasteiger partial charge in [0.25, 0.3) is 5.91 Å². The molecule has 1 atom stereocenters. The van der Waals surface area contributed by atoms with Gasteiger partial charge in [0.15, 0.2) is 5.13 Å². The summed E-state index contributed by atoms with van der Waals surface area (Å²) in [5.41, 5.74) is 3.39. The van der Waals surface area contributed by atoms with Crippen LogP contribution in [0.1, 0.15) is 40.6 Å². The van der Waals surface area contributed by atoms with Crippen molar-refractivity contribution in [3.63, 3.8) is 0 Å². The van der Waals surface area contributed by atoms with Crippen molar-refractivity contribution in [2.24, 2.45) is 0 Å². The zero-order valence-corrected chi connectivity index (χ0v) is 17.2. The molecule has 2 aromatic carbocycles. The smallest absolute Gasteiger partial charge is 0.257 e. The highest BCUT2D eigenvalue weighted by molar-refractivity contribution is 7.83. The summed E-state index contributed by atoms with van der Waals surface area (Å²) in [6, 6.07) is 17.2. The predicted octanol–water partition coefficient (Wildman–Crippen LogP) is 5.06. The van der Waals surface area contributed by atoms with Gasteiger partial charge in [-0.3, -0.25) is 14.3 Å². The molecule has 0 bridgehead atoms. The Morgan fingerprint density at radius 2 is 1.89 bits per heavy atom. The molecule has 0 aliphatic carbocycles. The Balaban J connectivity index is 1.85. The number of thiazole rings is 1. The third-order valence-electron chi connectivity index (χ3n) is 4.00. The van der Waals surface area contributed by atoms with E-state index in [-0.39, 0.29) is 5.91 Å². The molecule has 0 unspecified atom stereocenters. The van der Waals surface area contributed by atoms with Crippen LogP contribution in [0.4, 0.5) is 5.13 Å². The molecule has 1 amide bonds. The van der Waals surface area contributed by atoms with E-state index < -0.39 is 10.8 Å². The molecule has 6 heteroatoms. The second-order valence-corrected chi connectivity index (χ2v) is 9.09. The molecule has 0 saturated carbocycles. The van der Waals surface area contributed by atoms with Gasteiger partial charge in [-0.25, -0.2) is 4.98 Å². The fourth-order valence-electron chi connectivity index (χ4n) is 2.79. The number of anilines is 1. The quantitative estimate of drug-likeness (QED) is 0.631. The number of hydrogen-bond donors (Lipinski definition) is 1. The topological polar surface area (TPSA) is 59.1 Å². The largest absolute Gasteiger partial charge is 0.298 e. The van der Waals surface area contributed by atoms with E-state index in [1.165, 1.54) is 11.3 Å². The lowest BCUT2D eigenvalue weighted by atomic mass is 10.1. The fourth-order valence-corrected chi connectivity index (χ4v) is 4.42. The van der Waals surface area contributed by atoms with Crippen LogP contribution in [0.2, 0.25) is 0 Å². The number of benzene rings is 2. The summed E-state index contributed by atoms with van der Waals surface area (Å²) in [5, 5.41) is 3.51. The van der Waals surface area contributed by atoms with Gasteiger partial charge in [0.2, 0.25) is 0 Å². The number of rotatable bonds is 6. The second-order valence-electron chi connectivity index (χ2n) is 6.62. The highest BCUT2D eigenvalue weighted by Gasteiger charge is 2.17. The van der Waals surface area contributed by atoms with Crippen molar-refractivity contribution in [2.75, 3.05) is 11.6 Å². The molecule has 3 rings (SSSR count). The summed E-state index contributed by atoms with van der Waals surface area (Å²) in [6.07, 6.45) is 1.65. The summed E-state index contributed by atoms with van der Waals surface area (Å²) in [7, 11) is -0.944. The monoisotopic (exact) mass is 398 g/mol. The highest BCUT2D eigenvalue weighted by Crippen LogP contribution is 2.36. The lowest BCUT2D eigenvalue weighted by Crippen LogP contribution is -2.12. The molecule has 3 aromatic rings. The highest BCUT2D eigenvalue weighted by atomic mass is 32.2. The molecule has 0 aliphatic heterocycles. The molecule has 0 spiro atoms. The van der Waals surface area contributed by atoms with E-state index in [2.05, 4.69) is 24.1 Å². The molecule has 1 aromatic heterocycles. The van der Waals surface area contributed by atoms with Crippen molar-refractivity contribution in [3.05, 3.63) is 70.6 Å². The van der Waals surface area contributed by atoms with Gasteiger partial charge < -0.3 is 0 Å². The van der Waals surface area contributed by atoms with Gasteiger partial charge in [0, 0.05) is 38.8 Å². The zero-order chi connectivity index (χ0) is 19.4. The molecular formula is C21H22N2O2S2. The maximum absolute atomic E-state index is 12.7. The van der Waals surface area contributed by atoms with Crippen LogP contribution >= 0.6 is 11.3 Å². The van der Waals surface area contributed by atoms with E-state index in [0.717, 1.165) is 21.7 Å². The molecule has 0 saturated heterocycles. The second kappa shape index (κ2) is 8.59. The Labute approximate surface area is 166 Å². The number of hydrogen-bond acceptors (Lipinski definition) is 4. The Kier molecular flexibility index (Phi) is 6.19. The third kappa shape index (κ3) is 4.90. The first-order valence-electron chi connectivity index (χ1n) is 8.70. The van der Waals surface area contributed by atoms with Crippen LogP contribution in [0.15, 0.2) is 54.6 Å². The van der Waals surface area contributed by atoms with E-state index in [0.29, 0.717) is 22.4 Å². The number of amides is 1. The number of nitrogens with zero attached hydrogens (tertiary/aromatic N) is 1. The summed E-state index contributed by atoms with van der Waals surface area (Å²) >= 11 is 1.51. The van der Waals surface area contributed by atoms with Crippen LogP contribution in [0.3, 0.4) is 0 Å². The Bertz CT molecular complexity index is 965. The summed E-state index contributed by atoms with van der Waals surface area (Å²) in [6.45, 7) is 4.25. The summed E-state index contributed by atoms with van der Waals surface area (Å²) < 4.78 is 11.4. The number of aromatic nitrogens is 1. The third-order valence-corrected chi connectivity index (χ3v) is 6.02. The molecule has 4 nitrogen and oxygen atoms in total. The van der Waals surface area contributed by atoms with Crippen LogP contribution < -0.4 is 5.32 Å². The van der Waals surface area contributed by atoms with Gasteiger partial charge in [0.05, 0.1) is 5.69 Å². The zero-order valence-electron chi connectivity index (χ0n) is 15.6. The van der Waals surface area contributed by atoms with Crippen molar-refractivity contribution in [3.8, 4) is 11.3 Å². The molecule has 0 aliphatic rings. The lowest BCUT2D eigenvalue weighted by Gasteiger charge is -2.04. The standard InChI is InChI=1S/C21H22N2O2S2/c1-14(2)19-18(16-9-5-4-6-10-16)22-21(26-19)23-20(24)17-11-7-8-15(12-17)13-27(3)25/h4-12,14H,13H2,1-3H3,(H,22,23,24)/t27-/m0/s1. The first-order chi connectivity index (χ1) is 12.9. The summed E-state index contributed by atoms with van der Waals surface area (Å²) in [5.74, 6) is 0.544. The molecule has 140 valence electrons. The average molecular weight is 399 g/mol. The minimum Gasteiger partial charge on any atom is -0.298 e. The van der Waals surface area contributed by atoms with Crippen molar-refractivity contribution >= 4 is 33.2 Å². The van der Waals surface area contributed by atoms with Crippen molar-refractivity contribution in [1.29, 1.82) is 0 Å². The van der Waals surface area contributed by atoms with E-state index >= 15 is 0 Å². The fraction of sp³-hybridized carbons (Fsp3) is 0.238. The van der Waals surface area contributed by atoms with Gasteiger partial charge in [-0.2, -0.15) is 0 Å². The van der Waals surface area contributed by atoms with Gasteiger partial charge in [-0.15, -0.1) is 11.3 Å². The predicted molar refractivity (Wildman–Crippen MR) is 114 cm³/mol. The maximum Gasteiger partial charge on any atom is 0.257 e. The number of nitrogens with one attached hydrogen (secondary N) is 1. The SMILES string of the molecule is CC(C)c1sc(NC(=O)c2cccc(C[S@](C)=O)c2)nc1-c1ccccc1. The Morgan fingerprint density at radius 3 is 2.56 bits per heavy atom. The van der Waals surface area contributed by atoms with Crippen LogP contribution in [-0.4, -0.2) is 21.4 Å². The van der Waals surface area contributed by atoms with E-state index in [1.54, 1.807) is 18.4 Å².